The Bertz CT molecular complexity index is 732. The lowest BCUT2D eigenvalue weighted by atomic mass is 10.1. The number of benzene rings is 2. The van der Waals surface area contributed by atoms with Gasteiger partial charge in [-0.3, -0.25) is 4.68 Å². The summed E-state index contributed by atoms with van der Waals surface area (Å²) in [4.78, 5) is 0. The second-order valence-electron chi connectivity index (χ2n) is 5.02. The van der Waals surface area contributed by atoms with Crippen LogP contribution in [0.1, 0.15) is 11.1 Å². The average Bonchev–Trinajstić information content (AvgIpc) is 2.91. The van der Waals surface area contributed by atoms with Gasteiger partial charge >= 0.3 is 0 Å². The molecule has 0 radical (unpaired) electrons. The van der Waals surface area contributed by atoms with Crippen molar-refractivity contribution in [3.05, 3.63) is 59.8 Å². The molecule has 1 N–H and O–H groups in total. The van der Waals surface area contributed by atoms with Gasteiger partial charge in [0, 0.05) is 12.0 Å². The largest absolute Gasteiger partial charge is 0.497 e. The van der Waals surface area contributed by atoms with Crippen LogP contribution in [-0.4, -0.2) is 28.6 Å². The first kappa shape index (κ1) is 13.6. The highest BCUT2D eigenvalue weighted by Crippen LogP contribution is 2.18. The Morgan fingerprint density at radius 3 is 2.57 bits per heavy atom. The number of aliphatic hydroxyl groups excluding tert-OH is 1. The SMILES string of the molecule is COc1ccc(Cn2ncc3ccc(CCO)cc32)cc1. The first-order chi connectivity index (χ1) is 10.3. The highest BCUT2D eigenvalue weighted by molar-refractivity contribution is 5.79. The van der Waals surface area contributed by atoms with Crippen molar-refractivity contribution in [3.8, 4) is 5.75 Å². The smallest absolute Gasteiger partial charge is 0.118 e. The second-order valence-corrected chi connectivity index (χ2v) is 5.02. The average molecular weight is 282 g/mol. The number of hydrogen-bond acceptors (Lipinski definition) is 3. The molecule has 0 unspecified atom stereocenters. The normalized spacial score (nSPS) is 11.0. The number of ether oxygens (including phenoxy) is 1. The number of aromatic nitrogens is 2. The minimum Gasteiger partial charge on any atom is -0.497 e. The van der Waals surface area contributed by atoms with Gasteiger partial charge in [0.2, 0.25) is 0 Å². The van der Waals surface area contributed by atoms with Gasteiger partial charge in [0.15, 0.2) is 0 Å². The molecule has 0 spiro atoms. The third-order valence-electron chi connectivity index (χ3n) is 3.60. The lowest BCUT2D eigenvalue weighted by Gasteiger charge is -2.06. The van der Waals surface area contributed by atoms with E-state index in [2.05, 4.69) is 17.2 Å². The van der Waals surface area contributed by atoms with E-state index in [4.69, 9.17) is 9.84 Å². The van der Waals surface area contributed by atoms with Gasteiger partial charge in [-0.05, 0) is 35.7 Å². The molecule has 0 atom stereocenters. The molecule has 4 nitrogen and oxygen atoms in total. The summed E-state index contributed by atoms with van der Waals surface area (Å²) in [5, 5.41) is 14.6. The van der Waals surface area contributed by atoms with Gasteiger partial charge in [0.05, 0.1) is 25.4 Å². The number of rotatable bonds is 5. The van der Waals surface area contributed by atoms with E-state index in [-0.39, 0.29) is 6.61 Å². The van der Waals surface area contributed by atoms with Crippen LogP contribution in [0.4, 0.5) is 0 Å². The monoisotopic (exact) mass is 282 g/mol. The summed E-state index contributed by atoms with van der Waals surface area (Å²) in [6.07, 6.45) is 2.55. The molecule has 0 fully saturated rings. The minimum atomic E-state index is 0.165. The van der Waals surface area contributed by atoms with Crippen LogP contribution in [0.2, 0.25) is 0 Å². The molecular weight excluding hydrogens is 264 g/mol. The lowest BCUT2D eigenvalue weighted by molar-refractivity contribution is 0.299. The molecule has 1 aromatic heterocycles. The number of aliphatic hydroxyl groups is 1. The predicted molar refractivity (Wildman–Crippen MR) is 82.6 cm³/mol. The Labute approximate surface area is 123 Å². The molecule has 0 saturated carbocycles. The van der Waals surface area contributed by atoms with E-state index in [1.54, 1.807) is 7.11 Å². The Kier molecular flexibility index (Phi) is 3.88. The van der Waals surface area contributed by atoms with Gasteiger partial charge in [-0.2, -0.15) is 5.10 Å². The van der Waals surface area contributed by atoms with Crippen molar-refractivity contribution in [2.45, 2.75) is 13.0 Å². The molecule has 21 heavy (non-hydrogen) atoms. The summed E-state index contributed by atoms with van der Waals surface area (Å²) in [5.74, 6) is 0.856. The van der Waals surface area contributed by atoms with Crippen LogP contribution in [0.3, 0.4) is 0 Å². The van der Waals surface area contributed by atoms with Gasteiger partial charge in [-0.15, -0.1) is 0 Å². The Hall–Kier alpha value is -2.33. The van der Waals surface area contributed by atoms with Crippen LogP contribution in [-0.2, 0) is 13.0 Å². The molecule has 0 aliphatic rings. The Morgan fingerprint density at radius 1 is 1.10 bits per heavy atom. The molecule has 108 valence electrons. The van der Waals surface area contributed by atoms with E-state index < -0.39 is 0 Å². The number of nitrogens with zero attached hydrogens (tertiary/aromatic N) is 2. The molecule has 0 amide bonds. The molecule has 0 bridgehead atoms. The first-order valence-electron chi connectivity index (χ1n) is 6.98. The fraction of sp³-hybridized carbons (Fsp3) is 0.235. The highest BCUT2D eigenvalue weighted by Gasteiger charge is 2.05. The van der Waals surface area contributed by atoms with E-state index in [1.165, 1.54) is 5.56 Å². The third-order valence-corrected chi connectivity index (χ3v) is 3.60. The van der Waals surface area contributed by atoms with Crippen LogP contribution in [0.5, 0.6) is 5.75 Å². The first-order valence-corrected chi connectivity index (χ1v) is 6.98. The Balaban J connectivity index is 1.90. The van der Waals surface area contributed by atoms with Gasteiger partial charge < -0.3 is 9.84 Å². The van der Waals surface area contributed by atoms with Gasteiger partial charge in [-0.25, -0.2) is 0 Å². The zero-order valence-corrected chi connectivity index (χ0v) is 12.0. The minimum absolute atomic E-state index is 0.165. The second kappa shape index (κ2) is 5.97. The van der Waals surface area contributed by atoms with Crippen molar-refractivity contribution in [1.29, 1.82) is 0 Å². The van der Waals surface area contributed by atoms with E-state index in [1.807, 2.05) is 41.2 Å². The molecule has 3 rings (SSSR count). The predicted octanol–water partition coefficient (Wildman–Crippen LogP) is 2.63. The van der Waals surface area contributed by atoms with Gasteiger partial charge in [0.25, 0.3) is 0 Å². The van der Waals surface area contributed by atoms with E-state index in [9.17, 15) is 0 Å². The molecule has 2 aromatic carbocycles. The Morgan fingerprint density at radius 2 is 1.86 bits per heavy atom. The third kappa shape index (κ3) is 2.90. The van der Waals surface area contributed by atoms with E-state index in [0.29, 0.717) is 6.42 Å². The van der Waals surface area contributed by atoms with Crippen molar-refractivity contribution in [1.82, 2.24) is 9.78 Å². The van der Waals surface area contributed by atoms with Gasteiger partial charge in [-0.1, -0.05) is 24.3 Å². The van der Waals surface area contributed by atoms with Crippen LogP contribution >= 0.6 is 0 Å². The van der Waals surface area contributed by atoms with Crippen molar-refractivity contribution in [2.75, 3.05) is 13.7 Å². The standard InChI is InChI=1S/C17H18N2O2/c1-21-16-6-3-14(4-7-16)12-19-17-10-13(8-9-20)2-5-15(17)11-18-19/h2-7,10-11,20H,8-9,12H2,1H3. The zero-order valence-electron chi connectivity index (χ0n) is 12.0. The summed E-state index contributed by atoms with van der Waals surface area (Å²) in [6.45, 7) is 0.883. The fourth-order valence-electron chi connectivity index (χ4n) is 2.43. The van der Waals surface area contributed by atoms with Crippen molar-refractivity contribution >= 4 is 10.9 Å². The fourth-order valence-corrected chi connectivity index (χ4v) is 2.43. The molecule has 0 aliphatic carbocycles. The maximum atomic E-state index is 9.06. The van der Waals surface area contributed by atoms with E-state index >= 15 is 0 Å². The maximum Gasteiger partial charge on any atom is 0.118 e. The molecule has 3 aromatic rings. The summed E-state index contributed by atoms with van der Waals surface area (Å²) in [6, 6.07) is 14.2. The van der Waals surface area contributed by atoms with Crippen LogP contribution in [0, 0.1) is 0 Å². The number of hydrogen-bond donors (Lipinski definition) is 1. The highest BCUT2D eigenvalue weighted by atomic mass is 16.5. The maximum absolute atomic E-state index is 9.06. The van der Waals surface area contributed by atoms with E-state index in [0.717, 1.165) is 28.8 Å². The summed E-state index contributed by atoms with van der Waals surface area (Å²) in [5.41, 5.74) is 3.40. The molecule has 1 heterocycles. The molecule has 0 aliphatic heterocycles. The zero-order chi connectivity index (χ0) is 14.7. The number of fused-ring (bicyclic) bond motifs is 1. The lowest BCUT2D eigenvalue weighted by Crippen LogP contribution is -2.02. The summed E-state index contributed by atoms with van der Waals surface area (Å²) >= 11 is 0. The van der Waals surface area contributed by atoms with Crippen molar-refractivity contribution < 1.29 is 9.84 Å². The molecular formula is C17H18N2O2. The van der Waals surface area contributed by atoms with Crippen molar-refractivity contribution in [3.63, 3.8) is 0 Å². The topological polar surface area (TPSA) is 47.3 Å². The van der Waals surface area contributed by atoms with Gasteiger partial charge in [0.1, 0.15) is 5.75 Å². The molecule has 0 saturated heterocycles. The quantitative estimate of drug-likeness (QED) is 0.782. The van der Waals surface area contributed by atoms with Crippen LogP contribution < -0.4 is 4.74 Å². The molecule has 4 heteroatoms. The number of methoxy groups -OCH3 is 1. The van der Waals surface area contributed by atoms with Crippen molar-refractivity contribution in [2.24, 2.45) is 0 Å². The van der Waals surface area contributed by atoms with Crippen LogP contribution in [0.15, 0.2) is 48.7 Å². The summed E-state index contributed by atoms with van der Waals surface area (Å²) in [7, 11) is 1.67. The summed E-state index contributed by atoms with van der Waals surface area (Å²) < 4.78 is 7.16. The van der Waals surface area contributed by atoms with Crippen LogP contribution in [0.25, 0.3) is 10.9 Å².